The van der Waals surface area contributed by atoms with Crippen LogP contribution in [0.4, 0.5) is 0 Å². The largest absolute Gasteiger partial charge is 0.491 e. The van der Waals surface area contributed by atoms with Crippen LogP contribution in [-0.4, -0.2) is 19.1 Å². The summed E-state index contributed by atoms with van der Waals surface area (Å²) in [6.45, 7) is 0.587. The molecule has 0 aromatic heterocycles. The van der Waals surface area contributed by atoms with Crippen LogP contribution in [0.5, 0.6) is 5.75 Å². The van der Waals surface area contributed by atoms with Gasteiger partial charge in [0.2, 0.25) is 0 Å². The molecule has 110 valence electrons. The van der Waals surface area contributed by atoms with Crippen LogP contribution in [0.25, 0.3) is 0 Å². The third kappa shape index (κ3) is 5.04. The number of para-hydroxylation sites is 1. The smallest absolute Gasteiger partial charge is 0.274 e. The van der Waals surface area contributed by atoms with Crippen molar-refractivity contribution in [3.05, 3.63) is 63.6 Å². The highest BCUT2D eigenvalue weighted by molar-refractivity contribution is 9.10. The molecule has 2 aromatic carbocycles. The predicted molar refractivity (Wildman–Crippen MR) is 84.5 cm³/mol. The zero-order chi connectivity index (χ0) is 15.1. The zero-order valence-corrected chi connectivity index (χ0v) is 13.4. The van der Waals surface area contributed by atoms with Gasteiger partial charge in [0.25, 0.3) is 5.91 Å². The highest BCUT2D eigenvalue weighted by Gasteiger charge is 2.07. The summed E-state index contributed by atoms with van der Waals surface area (Å²) in [5, 5.41) is 0.545. The third-order valence-corrected chi connectivity index (χ3v) is 3.76. The number of carbonyl (C=O) groups excluding carboxylic acids is 1. The van der Waals surface area contributed by atoms with Crippen molar-refractivity contribution in [1.29, 1.82) is 0 Å². The normalized spacial score (nSPS) is 10.2. The van der Waals surface area contributed by atoms with Crippen LogP contribution in [0.2, 0.25) is 5.02 Å². The first-order valence-electron chi connectivity index (χ1n) is 6.22. The van der Waals surface area contributed by atoms with Gasteiger partial charge in [-0.2, -0.15) is 0 Å². The van der Waals surface area contributed by atoms with Gasteiger partial charge < -0.3 is 4.74 Å². The molecule has 0 saturated carbocycles. The molecule has 0 saturated heterocycles. The standard InChI is InChI=1S/C15H13BrClNO3/c16-13-10-11(6-7-14(13)17)15(19)18-21-9-8-20-12-4-2-1-3-5-12/h1-7,10H,8-9H2,(H,18,19). The Morgan fingerprint density at radius 3 is 2.62 bits per heavy atom. The Morgan fingerprint density at radius 2 is 1.90 bits per heavy atom. The van der Waals surface area contributed by atoms with E-state index in [9.17, 15) is 4.79 Å². The second-order valence-corrected chi connectivity index (χ2v) is 5.33. The second-order valence-electron chi connectivity index (χ2n) is 4.07. The SMILES string of the molecule is O=C(NOCCOc1ccccc1)c1ccc(Cl)c(Br)c1. The Hall–Kier alpha value is -1.56. The summed E-state index contributed by atoms with van der Waals surface area (Å²) < 4.78 is 6.08. The molecule has 0 bridgehead atoms. The van der Waals surface area contributed by atoms with Gasteiger partial charge in [-0.25, -0.2) is 5.48 Å². The number of carbonyl (C=O) groups is 1. The number of rotatable bonds is 6. The topological polar surface area (TPSA) is 47.6 Å². The molecule has 6 heteroatoms. The molecule has 2 rings (SSSR count). The van der Waals surface area contributed by atoms with E-state index >= 15 is 0 Å². The monoisotopic (exact) mass is 369 g/mol. The van der Waals surface area contributed by atoms with E-state index in [1.54, 1.807) is 18.2 Å². The van der Waals surface area contributed by atoms with E-state index in [4.69, 9.17) is 21.2 Å². The third-order valence-electron chi connectivity index (χ3n) is 2.54. The predicted octanol–water partition coefficient (Wildman–Crippen LogP) is 3.84. The van der Waals surface area contributed by atoms with E-state index < -0.39 is 0 Å². The molecule has 0 radical (unpaired) electrons. The van der Waals surface area contributed by atoms with Crippen LogP contribution in [0.15, 0.2) is 53.0 Å². The summed E-state index contributed by atoms with van der Waals surface area (Å²) in [5.74, 6) is 0.418. The molecular formula is C15H13BrClNO3. The minimum atomic E-state index is -0.341. The van der Waals surface area contributed by atoms with Crippen molar-refractivity contribution >= 4 is 33.4 Å². The number of hydrogen-bond donors (Lipinski definition) is 1. The number of nitrogens with one attached hydrogen (secondary N) is 1. The van der Waals surface area contributed by atoms with Crippen LogP contribution in [-0.2, 0) is 4.84 Å². The molecule has 0 aliphatic heterocycles. The molecule has 0 fully saturated rings. The maximum atomic E-state index is 11.8. The first-order valence-corrected chi connectivity index (χ1v) is 7.39. The van der Waals surface area contributed by atoms with Gasteiger partial charge in [0, 0.05) is 10.0 Å². The lowest BCUT2D eigenvalue weighted by Crippen LogP contribution is -2.26. The summed E-state index contributed by atoms with van der Waals surface area (Å²) in [4.78, 5) is 16.9. The summed E-state index contributed by atoms with van der Waals surface area (Å²) >= 11 is 9.12. The molecule has 2 aromatic rings. The Labute approximate surface area is 136 Å². The van der Waals surface area contributed by atoms with Crippen molar-refractivity contribution in [2.45, 2.75) is 0 Å². The lowest BCUT2D eigenvalue weighted by molar-refractivity contribution is 0.0200. The summed E-state index contributed by atoms with van der Waals surface area (Å²) in [5.41, 5.74) is 2.80. The van der Waals surface area contributed by atoms with Crippen LogP contribution in [0, 0.1) is 0 Å². The molecule has 0 heterocycles. The minimum absolute atomic E-state index is 0.245. The number of amides is 1. The average molecular weight is 371 g/mol. The maximum Gasteiger partial charge on any atom is 0.274 e. The van der Waals surface area contributed by atoms with Gasteiger partial charge in [0.15, 0.2) is 0 Å². The number of benzene rings is 2. The van der Waals surface area contributed by atoms with Gasteiger partial charge in [-0.1, -0.05) is 29.8 Å². The van der Waals surface area contributed by atoms with Gasteiger partial charge >= 0.3 is 0 Å². The van der Waals surface area contributed by atoms with E-state index in [0.717, 1.165) is 5.75 Å². The molecule has 0 atom stereocenters. The van der Waals surface area contributed by atoms with Gasteiger partial charge in [0.05, 0.1) is 5.02 Å². The van der Waals surface area contributed by atoms with Crippen LogP contribution in [0.1, 0.15) is 10.4 Å². The zero-order valence-electron chi connectivity index (χ0n) is 11.0. The number of ether oxygens (including phenoxy) is 1. The van der Waals surface area contributed by atoms with Crippen molar-refractivity contribution in [3.8, 4) is 5.75 Å². The minimum Gasteiger partial charge on any atom is -0.491 e. The Balaban J connectivity index is 1.71. The maximum absolute atomic E-state index is 11.8. The molecular weight excluding hydrogens is 358 g/mol. The molecule has 4 nitrogen and oxygen atoms in total. The number of hydroxylamine groups is 1. The molecule has 1 amide bonds. The quantitative estimate of drug-likeness (QED) is 0.621. The summed E-state index contributed by atoms with van der Waals surface area (Å²) in [6, 6.07) is 14.3. The molecule has 0 aliphatic carbocycles. The number of hydrogen-bond acceptors (Lipinski definition) is 3. The molecule has 0 aliphatic rings. The Bertz CT molecular complexity index is 607. The summed E-state index contributed by atoms with van der Waals surface area (Å²) in [6.07, 6.45) is 0. The average Bonchev–Trinajstić information content (AvgIpc) is 2.50. The Kier molecular flexibility index (Phi) is 6.04. The van der Waals surface area contributed by atoms with E-state index in [1.807, 2.05) is 30.3 Å². The first-order chi connectivity index (χ1) is 10.2. The van der Waals surface area contributed by atoms with Gasteiger partial charge in [-0.3, -0.25) is 9.63 Å². The van der Waals surface area contributed by atoms with Crippen molar-refractivity contribution in [1.82, 2.24) is 5.48 Å². The lowest BCUT2D eigenvalue weighted by atomic mass is 10.2. The molecule has 0 spiro atoms. The Morgan fingerprint density at radius 1 is 1.14 bits per heavy atom. The van der Waals surface area contributed by atoms with E-state index in [-0.39, 0.29) is 12.5 Å². The molecule has 21 heavy (non-hydrogen) atoms. The van der Waals surface area contributed by atoms with E-state index in [1.165, 1.54) is 0 Å². The van der Waals surface area contributed by atoms with Crippen LogP contribution in [0.3, 0.4) is 0 Å². The fourth-order valence-electron chi connectivity index (χ4n) is 1.53. The molecule has 0 unspecified atom stereocenters. The van der Waals surface area contributed by atoms with E-state index in [0.29, 0.717) is 21.7 Å². The molecule has 1 N–H and O–H groups in total. The van der Waals surface area contributed by atoms with Crippen LogP contribution >= 0.6 is 27.5 Å². The summed E-state index contributed by atoms with van der Waals surface area (Å²) in [7, 11) is 0. The van der Waals surface area contributed by atoms with Crippen molar-refractivity contribution in [3.63, 3.8) is 0 Å². The highest BCUT2D eigenvalue weighted by atomic mass is 79.9. The van der Waals surface area contributed by atoms with Crippen LogP contribution < -0.4 is 10.2 Å². The first kappa shape index (κ1) is 15.8. The van der Waals surface area contributed by atoms with Crippen molar-refractivity contribution in [2.24, 2.45) is 0 Å². The van der Waals surface area contributed by atoms with Gasteiger partial charge in [-0.15, -0.1) is 0 Å². The fourth-order valence-corrected chi connectivity index (χ4v) is 2.03. The fraction of sp³-hybridized carbons (Fsp3) is 0.133. The van der Waals surface area contributed by atoms with Gasteiger partial charge in [-0.05, 0) is 46.3 Å². The van der Waals surface area contributed by atoms with Crippen molar-refractivity contribution < 1.29 is 14.4 Å². The van der Waals surface area contributed by atoms with E-state index in [2.05, 4.69) is 21.4 Å². The second kappa shape index (κ2) is 8.02. The lowest BCUT2D eigenvalue weighted by Gasteiger charge is -2.08. The van der Waals surface area contributed by atoms with Gasteiger partial charge in [0.1, 0.15) is 19.0 Å². The highest BCUT2D eigenvalue weighted by Crippen LogP contribution is 2.23. The number of halogens is 2. The van der Waals surface area contributed by atoms with Crippen molar-refractivity contribution in [2.75, 3.05) is 13.2 Å².